The highest BCUT2D eigenvalue weighted by Gasteiger charge is 2.31. The minimum absolute atomic E-state index is 0.111. The minimum atomic E-state index is 0.111. The molecule has 2 fully saturated rings. The number of rotatable bonds is 7. The molecule has 0 spiro atoms. The summed E-state index contributed by atoms with van der Waals surface area (Å²) in [5.74, 6) is 1.32. The first-order valence-electron chi connectivity index (χ1n) is 9.84. The molecule has 0 saturated carbocycles. The first-order chi connectivity index (χ1) is 13.2. The predicted molar refractivity (Wildman–Crippen MR) is 108 cm³/mol. The molecule has 2 saturated heterocycles. The van der Waals surface area contributed by atoms with Crippen molar-refractivity contribution in [3.63, 3.8) is 0 Å². The smallest absolute Gasteiger partial charge is 0.224 e. The van der Waals surface area contributed by atoms with Crippen molar-refractivity contribution in [1.82, 2.24) is 20.2 Å². The average Bonchev–Trinajstić information content (AvgIpc) is 2.74. The highest BCUT2D eigenvalue weighted by Crippen LogP contribution is 2.26. The van der Waals surface area contributed by atoms with E-state index in [2.05, 4.69) is 25.1 Å². The molecule has 8 heteroatoms. The van der Waals surface area contributed by atoms with Gasteiger partial charge in [0.15, 0.2) is 5.16 Å². The van der Waals surface area contributed by atoms with Gasteiger partial charge in [0.05, 0.1) is 12.5 Å². The summed E-state index contributed by atoms with van der Waals surface area (Å²) >= 11 is 1.58. The van der Waals surface area contributed by atoms with E-state index in [1.54, 1.807) is 18.9 Å². The monoisotopic (exact) mass is 393 g/mol. The molecule has 3 rings (SSSR count). The molecule has 3 heterocycles. The topological polar surface area (TPSA) is 70.6 Å². The van der Waals surface area contributed by atoms with E-state index in [-0.39, 0.29) is 11.8 Å². The van der Waals surface area contributed by atoms with Crippen LogP contribution in [0.2, 0.25) is 0 Å². The number of hydrogen-bond donors (Lipinski definition) is 1. The van der Waals surface area contributed by atoms with Crippen LogP contribution in [0.15, 0.2) is 17.4 Å². The number of likely N-dealkylation sites (tertiary alicyclic amines) is 1. The molecule has 27 heavy (non-hydrogen) atoms. The maximum atomic E-state index is 12.4. The Labute approximate surface area is 166 Å². The standard InChI is InChI=1S/C19H31N5O2S/c1-26-13-9-20-18(25)15-4-3-10-24(14-15)16-6-11-23(12-7-16)17-5-8-21-19(22-17)27-2/h5,8,15-16H,3-4,6-7,9-14H2,1-2H3,(H,20,25)/t15-/m1/s1. The molecular weight excluding hydrogens is 362 g/mol. The average molecular weight is 394 g/mol. The van der Waals surface area contributed by atoms with Gasteiger partial charge < -0.3 is 15.0 Å². The van der Waals surface area contributed by atoms with Crippen molar-refractivity contribution in [2.24, 2.45) is 5.92 Å². The second-order valence-corrected chi connectivity index (χ2v) is 8.01. The van der Waals surface area contributed by atoms with E-state index >= 15 is 0 Å². The molecule has 1 amide bonds. The second kappa shape index (κ2) is 10.2. The highest BCUT2D eigenvalue weighted by atomic mass is 32.2. The van der Waals surface area contributed by atoms with Crippen molar-refractivity contribution in [3.8, 4) is 0 Å². The van der Waals surface area contributed by atoms with Crippen LogP contribution < -0.4 is 10.2 Å². The number of nitrogens with zero attached hydrogens (tertiary/aromatic N) is 4. The number of piperidine rings is 2. The Bertz CT molecular complexity index is 610. The van der Waals surface area contributed by atoms with Crippen LogP contribution in [-0.4, -0.2) is 79.5 Å². The first kappa shape index (κ1) is 20.4. The number of carbonyl (C=O) groups is 1. The van der Waals surface area contributed by atoms with Gasteiger partial charge in [-0.3, -0.25) is 9.69 Å². The molecule has 1 N–H and O–H groups in total. The molecule has 150 valence electrons. The van der Waals surface area contributed by atoms with Crippen LogP contribution in [0.5, 0.6) is 0 Å². The Morgan fingerprint density at radius 2 is 2.15 bits per heavy atom. The molecule has 0 radical (unpaired) electrons. The van der Waals surface area contributed by atoms with Gasteiger partial charge in [-0.2, -0.15) is 0 Å². The van der Waals surface area contributed by atoms with E-state index in [4.69, 9.17) is 4.74 Å². The molecule has 2 aliphatic heterocycles. The van der Waals surface area contributed by atoms with E-state index in [0.717, 1.165) is 62.8 Å². The number of amides is 1. The van der Waals surface area contributed by atoms with E-state index < -0.39 is 0 Å². The zero-order valence-electron chi connectivity index (χ0n) is 16.4. The van der Waals surface area contributed by atoms with Gasteiger partial charge in [-0.1, -0.05) is 11.8 Å². The van der Waals surface area contributed by atoms with Crippen molar-refractivity contribution in [2.75, 3.05) is 57.6 Å². The van der Waals surface area contributed by atoms with Crippen molar-refractivity contribution < 1.29 is 9.53 Å². The van der Waals surface area contributed by atoms with Crippen molar-refractivity contribution in [1.29, 1.82) is 0 Å². The molecule has 0 aromatic carbocycles. The summed E-state index contributed by atoms with van der Waals surface area (Å²) in [5, 5.41) is 3.83. The van der Waals surface area contributed by atoms with E-state index in [1.165, 1.54) is 0 Å². The largest absolute Gasteiger partial charge is 0.383 e. The van der Waals surface area contributed by atoms with Crippen molar-refractivity contribution in [3.05, 3.63) is 12.3 Å². The fourth-order valence-corrected chi connectivity index (χ4v) is 4.39. The van der Waals surface area contributed by atoms with Crippen LogP contribution >= 0.6 is 11.8 Å². The lowest BCUT2D eigenvalue weighted by molar-refractivity contribution is -0.127. The number of ether oxygens (including phenoxy) is 1. The summed E-state index contributed by atoms with van der Waals surface area (Å²) < 4.78 is 5.02. The van der Waals surface area contributed by atoms with Gasteiger partial charge in [-0.05, 0) is 44.6 Å². The number of hydrogen-bond acceptors (Lipinski definition) is 7. The summed E-state index contributed by atoms with van der Waals surface area (Å²) in [4.78, 5) is 26.2. The fourth-order valence-electron chi connectivity index (χ4n) is 4.04. The lowest BCUT2D eigenvalue weighted by atomic mass is 9.93. The third-order valence-corrected chi connectivity index (χ3v) is 6.10. The fraction of sp³-hybridized carbons (Fsp3) is 0.737. The molecule has 1 aromatic rings. The van der Waals surface area contributed by atoms with Gasteiger partial charge in [-0.15, -0.1) is 0 Å². The van der Waals surface area contributed by atoms with Crippen LogP contribution in [-0.2, 0) is 9.53 Å². The summed E-state index contributed by atoms with van der Waals surface area (Å²) in [7, 11) is 1.66. The summed E-state index contributed by atoms with van der Waals surface area (Å²) in [5.41, 5.74) is 0. The lowest BCUT2D eigenvalue weighted by Crippen LogP contribution is -2.51. The van der Waals surface area contributed by atoms with Crippen LogP contribution in [0.25, 0.3) is 0 Å². The minimum Gasteiger partial charge on any atom is -0.383 e. The maximum absolute atomic E-state index is 12.4. The van der Waals surface area contributed by atoms with Gasteiger partial charge in [0.2, 0.25) is 5.91 Å². The number of thioether (sulfide) groups is 1. The van der Waals surface area contributed by atoms with E-state index in [0.29, 0.717) is 19.2 Å². The normalized spacial score (nSPS) is 22.0. The van der Waals surface area contributed by atoms with Gasteiger partial charge in [0.1, 0.15) is 5.82 Å². The Morgan fingerprint density at radius 3 is 2.89 bits per heavy atom. The van der Waals surface area contributed by atoms with E-state index in [1.807, 2.05) is 18.5 Å². The van der Waals surface area contributed by atoms with Crippen LogP contribution in [0.3, 0.4) is 0 Å². The van der Waals surface area contributed by atoms with Gasteiger partial charge in [-0.25, -0.2) is 9.97 Å². The van der Waals surface area contributed by atoms with Gasteiger partial charge in [0.25, 0.3) is 0 Å². The third-order valence-electron chi connectivity index (χ3n) is 5.54. The van der Waals surface area contributed by atoms with Crippen molar-refractivity contribution in [2.45, 2.75) is 36.9 Å². The SMILES string of the molecule is COCCNC(=O)[C@@H]1CCCN(C2CCN(c3ccnc(SC)n3)CC2)C1. The number of anilines is 1. The first-order valence-corrected chi connectivity index (χ1v) is 11.1. The molecular formula is C19H31N5O2S. The van der Waals surface area contributed by atoms with Crippen molar-refractivity contribution >= 4 is 23.5 Å². The number of carbonyl (C=O) groups excluding carboxylic acids is 1. The molecule has 0 unspecified atom stereocenters. The quantitative estimate of drug-likeness (QED) is 0.429. The summed E-state index contributed by atoms with van der Waals surface area (Å²) in [6, 6.07) is 2.57. The molecule has 2 aliphatic rings. The Hall–Kier alpha value is -1.38. The number of aromatic nitrogens is 2. The Morgan fingerprint density at radius 1 is 1.33 bits per heavy atom. The summed E-state index contributed by atoms with van der Waals surface area (Å²) in [6.45, 7) is 5.18. The third kappa shape index (κ3) is 5.56. The molecule has 1 atom stereocenters. The van der Waals surface area contributed by atoms with Gasteiger partial charge >= 0.3 is 0 Å². The Balaban J connectivity index is 1.49. The highest BCUT2D eigenvalue weighted by molar-refractivity contribution is 7.98. The van der Waals surface area contributed by atoms with Crippen LogP contribution in [0, 0.1) is 5.92 Å². The lowest BCUT2D eigenvalue weighted by Gasteiger charge is -2.42. The zero-order chi connectivity index (χ0) is 19.1. The molecule has 7 nitrogen and oxygen atoms in total. The molecule has 0 bridgehead atoms. The zero-order valence-corrected chi connectivity index (χ0v) is 17.2. The van der Waals surface area contributed by atoms with Crippen LogP contribution in [0.1, 0.15) is 25.7 Å². The molecule has 1 aromatic heterocycles. The Kier molecular flexibility index (Phi) is 7.72. The van der Waals surface area contributed by atoms with E-state index in [9.17, 15) is 4.79 Å². The predicted octanol–water partition coefficient (Wildman–Crippen LogP) is 1.64. The summed E-state index contributed by atoms with van der Waals surface area (Å²) in [6.07, 6.45) is 8.19. The van der Waals surface area contributed by atoms with Gasteiger partial charge in [0, 0.05) is 45.5 Å². The van der Waals surface area contributed by atoms with Crippen LogP contribution in [0.4, 0.5) is 5.82 Å². The number of methoxy groups -OCH3 is 1. The number of nitrogens with one attached hydrogen (secondary N) is 1. The molecule has 0 aliphatic carbocycles. The second-order valence-electron chi connectivity index (χ2n) is 7.24. The maximum Gasteiger partial charge on any atom is 0.224 e.